The van der Waals surface area contributed by atoms with E-state index in [1.807, 2.05) is 35.6 Å². The molecule has 1 unspecified atom stereocenters. The molecule has 4 rings (SSSR count). The van der Waals surface area contributed by atoms with Crippen LogP contribution in [-0.4, -0.2) is 50.1 Å². The quantitative estimate of drug-likeness (QED) is 0.705. The minimum atomic E-state index is -0.148. The Labute approximate surface area is 162 Å². The molecule has 0 bridgehead atoms. The summed E-state index contributed by atoms with van der Waals surface area (Å²) in [7, 11) is 0. The van der Waals surface area contributed by atoms with E-state index >= 15 is 0 Å². The zero-order valence-corrected chi connectivity index (χ0v) is 15.7. The Kier molecular flexibility index (Phi) is 5.36. The molecule has 3 heterocycles. The lowest BCUT2D eigenvalue weighted by atomic mass is 9.98. The molecule has 1 atom stereocenters. The van der Waals surface area contributed by atoms with Crippen LogP contribution in [-0.2, 0) is 13.0 Å². The number of carbonyl (C=O) groups is 1. The number of imidazole rings is 1. The van der Waals surface area contributed by atoms with E-state index < -0.39 is 0 Å². The van der Waals surface area contributed by atoms with Crippen molar-refractivity contribution >= 4 is 16.9 Å². The number of likely N-dealkylation sites (tertiary alicyclic amines) is 1. The van der Waals surface area contributed by atoms with Gasteiger partial charge in [0.15, 0.2) is 0 Å². The number of H-pyrrole nitrogens is 1. The lowest BCUT2D eigenvalue weighted by Crippen LogP contribution is -2.46. The van der Waals surface area contributed by atoms with Crippen LogP contribution >= 0.6 is 0 Å². The second kappa shape index (κ2) is 8.24. The Bertz CT molecular complexity index is 997. The van der Waals surface area contributed by atoms with Crippen LogP contribution in [0.4, 0.5) is 4.79 Å². The first kappa shape index (κ1) is 18.2. The summed E-state index contributed by atoms with van der Waals surface area (Å²) in [5, 5.41) is 3.53. The molecule has 2 N–H and O–H groups in total. The number of nitrogens with one attached hydrogen (secondary N) is 2. The Hall–Kier alpha value is -3.16. The molecule has 8 nitrogen and oxygen atoms in total. The normalized spacial score (nSPS) is 17.0. The molecule has 0 saturated carbocycles. The number of nitrogens with zero attached hydrogens (tertiary/aromatic N) is 4. The number of aromatic amines is 1. The van der Waals surface area contributed by atoms with E-state index in [-0.39, 0.29) is 11.6 Å². The number of carbonyl (C=O) groups excluding carboxylic acids is 1. The van der Waals surface area contributed by atoms with Crippen LogP contribution in [0.5, 0.6) is 0 Å². The van der Waals surface area contributed by atoms with Crippen molar-refractivity contribution in [1.82, 2.24) is 29.7 Å². The highest BCUT2D eigenvalue weighted by molar-refractivity contribution is 5.77. The van der Waals surface area contributed by atoms with E-state index in [0.29, 0.717) is 35.6 Å². The number of fused-ring (bicyclic) bond motifs is 1. The van der Waals surface area contributed by atoms with Gasteiger partial charge in [-0.25, -0.2) is 14.8 Å². The molecule has 1 aromatic carbocycles. The Balaban J connectivity index is 1.30. The van der Waals surface area contributed by atoms with Gasteiger partial charge in [0.05, 0.1) is 17.2 Å². The van der Waals surface area contributed by atoms with E-state index in [9.17, 15) is 9.59 Å². The van der Waals surface area contributed by atoms with Gasteiger partial charge in [-0.3, -0.25) is 4.79 Å². The van der Waals surface area contributed by atoms with Crippen molar-refractivity contribution in [2.45, 2.75) is 25.8 Å². The molecule has 3 aromatic rings. The first-order valence-electron chi connectivity index (χ1n) is 9.65. The summed E-state index contributed by atoms with van der Waals surface area (Å²) in [5.41, 5.74) is 0.524. The molecular formula is C20H24N6O2. The van der Waals surface area contributed by atoms with Crippen molar-refractivity contribution in [1.29, 1.82) is 0 Å². The first-order chi connectivity index (χ1) is 13.7. The highest BCUT2D eigenvalue weighted by Gasteiger charge is 2.23. The summed E-state index contributed by atoms with van der Waals surface area (Å²) in [6.45, 7) is 2.83. The van der Waals surface area contributed by atoms with Crippen LogP contribution in [0.3, 0.4) is 0 Å². The fraction of sp³-hybridized carbons (Fsp3) is 0.400. The fourth-order valence-corrected chi connectivity index (χ4v) is 3.74. The Morgan fingerprint density at radius 1 is 1.32 bits per heavy atom. The number of urea groups is 1. The molecule has 1 fully saturated rings. The van der Waals surface area contributed by atoms with Gasteiger partial charge >= 0.3 is 6.03 Å². The van der Waals surface area contributed by atoms with Crippen molar-refractivity contribution in [3.05, 3.63) is 59.2 Å². The minimum absolute atomic E-state index is 0.0570. The van der Waals surface area contributed by atoms with Gasteiger partial charge in [0.2, 0.25) is 0 Å². The van der Waals surface area contributed by atoms with E-state index in [1.54, 1.807) is 12.3 Å². The maximum absolute atomic E-state index is 12.5. The average Bonchev–Trinajstić information content (AvgIpc) is 3.21. The molecule has 146 valence electrons. The van der Waals surface area contributed by atoms with Crippen LogP contribution < -0.4 is 10.9 Å². The number of hydrogen-bond acceptors (Lipinski definition) is 4. The third kappa shape index (κ3) is 4.21. The van der Waals surface area contributed by atoms with Crippen LogP contribution in [0.2, 0.25) is 0 Å². The Morgan fingerprint density at radius 3 is 3.07 bits per heavy atom. The van der Waals surface area contributed by atoms with Gasteiger partial charge in [0.1, 0.15) is 5.82 Å². The molecule has 1 saturated heterocycles. The molecule has 8 heteroatoms. The lowest BCUT2D eigenvalue weighted by molar-refractivity contribution is 0.159. The molecule has 0 radical (unpaired) electrons. The number of rotatable bonds is 5. The Morgan fingerprint density at radius 2 is 2.21 bits per heavy atom. The summed E-state index contributed by atoms with van der Waals surface area (Å²) in [6.07, 6.45) is 8.15. The average molecular weight is 380 g/mol. The second-order valence-electron chi connectivity index (χ2n) is 7.23. The van der Waals surface area contributed by atoms with E-state index in [0.717, 1.165) is 32.5 Å². The van der Waals surface area contributed by atoms with Crippen molar-refractivity contribution in [3.63, 3.8) is 0 Å². The maximum atomic E-state index is 12.5. The first-order valence-corrected chi connectivity index (χ1v) is 9.65. The van der Waals surface area contributed by atoms with Gasteiger partial charge in [-0.05, 0) is 30.9 Å². The molecule has 2 aromatic heterocycles. The SMILES string of the molecule is O=C(NCCc1nc2ccccc2c(=O)[nH]1)N1CCCC(Cn2ccnc2)C1. The summed E-state index contributed by atoms with van der Waals surface area (Å²) in [4.78, 5) is 37.8. The van der Waals surface area contributed by atoms with Crippen molar-refractivity contribution in [2.75, 3.05) is 19.6 Å². The molecular weight excluding hydrogens is 356 g/mol. The number of para-hydroxylation sites is 1. The number of piperidine rings is 1. The molecule has 28 heavy (non-hydrogen) atoms. The van der Waals surface area contributed by atoms with Crippen molar-refractivity contribution < 1.29 is 4.79 Å². The summed E-state index contributed by atoms with van der Waals surface area (Å²) >= 11 is 0. The van der Waals surface area contributed by atoms with Gasteiger partial charge in [0.25, 0.3) is 5.56 Å². The minimum Gasteiger partial charge on any atom is -0.338 e. The monoisotopic (exact) mass is 380 g/mol. The lowest BCUT2D eigenvalue weighted by Gasteiger charge is -2.33. The molecule has 0 spiro atoms. The van der Waals surface area contributed by atoms with Gasteiger partial charge in [0, 0.05) is 45.0 Å². The van der Waals surface area contributed by atoms with Crippen molar-refractivity contribution in [2.24, 2.45) is 5.92 Å². The molecule has 0 aliphatic carbocycles. The number of benzene rings is 1. The predicted molar refractivity (Wildman–Crippen MR) is 106 cm³/mol. The summed E-state index contributed by atoms with van der Waals surface area (Å²) in [5.74, 6) is 1.02. The van der Waals surface area contributed by atoms with Gasteiger partial charge < -0.3 is 19.8 Å². The smallest absolute Gasteiger partial charge is 0.317 e. The molecule has 1 aliphatic heterocycles. The topological polar surface area (TPSA) is 95.9 Å². The van der Waals surface area contributed by atoms with Gasteiger partial charge in [-0.2, -0.15) is 0 Å². The van der Waals surface area contributed by atoms with E-state index in [2.05, 4.69) is 24.8 Å². The predicted octanol–water partition coefficient (Wildman–Crippen LogP) is 1.78. The highest BCUT2D eigenvalue weighted by Crippen LogP contribution is 2.18. The highest BCUT2D eigenvalue weighted by atomic mass is 16.2. The van der Waals surface area contributed by atoms with Crippen LogP contribution in [0.1, 0.15) is 18.7 Å². The summed E-state index contributed by atoms with van der Waals surface area (Å²) in [6, 6.07) is 7.19. The zero-order valence-electron chi connectivity index (χ0n) is 15.7. The third-order valence-electron chi connectivity index (χ3n) is 5.13. The fourth-order valence-electron chi connectivity index (χ4n) is 3.74. The van der Waals surface area contributed by atoms with E-state index in [4.69, 9.17) is 0 Å². The number of aromatic nitrogens is 4. The van der Waals surface area contributed by atoms with Crippen LogP contribution in [0.15, 0.2) is 47.8 Å². The standard InChI is InChI=1S/C20H24N6O2/c27-19-16-5-1-2-6-17(16)23-18(24-19)7-8-22-20(28)26-10-3-4-15(13-26)12-25-11-9-21-14-25/h1-2,5-6,9,11,14-15H,3-4,7-8,10,12-13H2,(H,22,28)(H,23,24,27). The molecule has 1 aliphatic rings. The number of hydrogen-bond donors (Lipinski definition) is 2. The maximum Gasteiger partial charge on any atom is 0.317 e. The summed E-state index contributed by atoms with van der Waals surface area (Å²) < 4.78 is 2.06. The number of amides is 2. The van der Waals surface area contributed by atoms with Crippen molar-refractivity contribution in [3.8, 4) is 0 Å². The van der Waals surface area contributed by atoms with E-state index in [1.165, 1.54) is 0 Å². The van der Waals surface area contributed by atoms with Gasteiger partial charge in [-0.15, -0.1) is 0 Å². The second-order valence-corrected chi connectivity index (χ2v) is 7.23. The van der Waals surface area contributed by atoms with Crippen LogP contribution in [0.25, 0.3) is 10.9 Å². The van der Waals surface area contributed by atoms with Gasteiger partial charge in [-0.1, -0.05) is 12.1 Å². The largest absolute Gasteiger partial charge is 0.338 e. The zero-order chi connectivity index (χ0) is 19.3. The van der Waals surface area contributed by atoms with Crippen LogP contribution in [0, 0.1) is 5.92 Å². The third-order valence-corrected chi connectivity index (χ3v) is 5.13. The molecule has 2 amide bonds.